The van der Waals surface area contributed by atoms with Crippen molar-refractivity contribution in [2.24, 2.45) is 0 Å². The van der Waals surface area contributed by atoms with E-state index < -0.39 is 10.0 Å². The smallest absolute Gasteiger partial charge is 0.316 e. The van der Waals surface area contributed by atoms with Gasteiger partial charge in [0, 0.05) is 23.4 Å². The van der Waals surface area contributed by atoms with Gasteiger partial charge in [0.05, 0.1) is 11.3 Å². The normalized spacial score (nSPS) is 11.3. The van der Waals surface area contributed by atoms with E-state index in [0.717, 1.165) is 15.6 Å². The van der Waals surface area contributed by atoms with Crippen LogP contribution in [0.1, 0.15) is 24.6 Å². The van der Waals surface area contributed by atoms with Gasteiger partial charge in [0.1, 0.15) is 25.3 Å². The molecule has 0 fully saturated rings. The Bertz CT molecular complexity index is 1130. The molecule has 3 aromatic rings. The number of benzene rings is 1. The standard InChI is InChI=1S/C21H24BrN5O4S/c1-3-8-27-32(28,29)13-18-19(16-4-6-17(22)7-5-16)20(26-14-25-18)30-9-10-31-21-23-11-15(2)12-24-21/h4-7,11-12,14,27H,3,8-10,13H2,1-2H3. The van der Waals surface area contributed by atoms with Crippen LogP contribution in [0.4, 0.5) is 0 Å². The van der Waals surface area contributed by atoms with Gasteiger partial charge in [-0.15, -0.1) is 0 Å². The lowest BCUT2D eigenvalue weighted by atomic mass is 10.1. The van der Waals surface area contributed by atoms with Gasteiger partial charge >= 0.3 is 6.01 Å². The summed E-state index contributed by atoms with van der Waals surface area (Å²) in [4.78, 5) is 16.6. The van der Waals surface area contributed by atoms with Crippen molar-refractivity contribution in [3.05, 3.63) is 58.7 Å². The number of aryl methyl sites for hydroxylation is 1. The number of hydrogen-bond acceptors (Lipinski definition) is 8. The zero-order valence-corrected chi connectivity index (χ0v) is 20.2. The molecule has 11 heteroatoms. The van der Waals surface area contributed by atoms with E-state index in [-0.39, 0.29) is 30.9 Å². The molecule has 0 radical (unpaired) electrons. The maximum absolute atomic E-state index is 12.5. The third kappa shape index (κ3) is 6.94. The van der Waals surface area contributed by atoms with Crippen LogP contribution in [-0.2, 0) is 15.8 Å². The van der Waals surface area contributed by atoms with Crippen LogP contribution in [0.3, 0.4) is 0 Å². The van der Waals surface area contributed by atoms with Crippen LogP contribution in [0, 0.1) is 6.92 Å². The minimum atomic E-state index is -3.56. The Balaban J connectivity index is 1.81. The van der Waals surface area contributed by atoms with Gasteiger partial charge in [-0.2, -0.15) is 0 Å². The van der Waals surface area contributed by atoms with Crippen molar-refractivity contribution in [1.29, 1.82) is 0 Å². The fraction of sp³-hybridized carbons (Fsp3) is 0.333. The minimum absolute atomic E-state index is 0.165. The van der Waals surface area contributed by atoms with Crippen LogP contribution in [-0.4, -0.2) is 48.1 Å². The molecule has 3 rings (SSSR count). The van der Waals surface area contributed by atoms with Crippen LogP contribution in [0.25, 0.3) is 11.1 Å². The molecule has 0 saturated carbocycles. The van der Waals surface area contributed by atoms with Crippen LogP contribution in [0.15, 0.2) is 47.5 Å². The molecule has 1 N–H and O–H groups in total. The zero-order chi connectivity index (χ0) is 23.0. The van der Waals surface area contributed by atoms with E-state index in [4.69, 9.17) is 9.47 Å². The lowest BCUT2D eigenvalue weighted by Gasteiger charge is -2.15. The number of halogens is 1. The van der Waals surface area contributed by atoms with E-state index in [1.54, 1.807) is 12.4 Å². The first-order chi connectivity index (χ1) is 15.4. The highest BCUT2D eigenvalue weighted by Crippen LogP contribution is 2.32. The Morgan fingerprint density at radius 3 is 2.38 bits per heavy atom. The summed E-state index contributed by atoms with van der Waals surface area (Å²) in [5.74, 6) is -0.0122. The highest BCUT2D eigenvalue weighted by Gasteiger charge is 2.20. The number of aromatic nitrogens is 4. The Hall–Kier alpha value is -2.63. The second-order valence-electron chi connectivity index (χ2n) is 6.90. The van der Waals surface area contributed by atoms with Crippen LogP contribution in [0.2, 0.25) is 0 Å². The highest BCUT2D eigenvalue weighted by molar-refractivity contribution is 9.10. The molecule has 0 saturated heterocycles. The van der Waals surface area contributed by atoms with E-state index >= 15 is 0 Å². The average Bonchev–Trinajstić information content (AvgIpc) is 2.77. The second kappa shape index (κ2) is 11.3. The Labute approximate surface area is 195 Å². The maximum Gasteiger partial charge on any atom is 0.316 e. The topological polar surface area (TPSA) is 116 Å². The summed E-state index contributed by atoms with van der Waals surface area (Å²) in [6.45, 7) is 4.51. The summed E-state index contributed by atoms with van der Waals surface area (Å²) in [7, 11) is -3.56. The van der Waals surface area contributed by atoms with Gasteiger partial charge in [0.15, 0.2) is 0 Å². The van der Waals surface area contributed by atoms with Gasteiger partial charge in [-0.25, -0.2) is 33.1 Å². The minimum Gasteiger partial charge on any atom is -0.474 e. The first-order valence-electron chi connectivity index (χ1n) is 9.99. The fourth-order valence-corrected chi connectivity index (χ4v) is 4.20. The Morgan fingerprint density at radius 1 is 1.00 bits per heavy atom. The van der Waals surface area contributed by atoms with Crippen molar-refractivity contribution in [2.45, 2.75) is 26.0 Å². The van der Waals surface area contributed by atoms with Crippen molar-refractivity contribution in [2.75, 3.05) is 19.8 Å². The molecule has 170 valence electrons. The third-order valence-electron chi connectivity index (χ3n) is 4.23. The summed E-state index contributed by atoms with van der Waals surface area (Å²) in [6, 6.07) is 7.67. The average molecular weight is 522 g/mol. The van der Waals surface area contributed by atoms with Crippen LogP contribution in [0.5, 0.6) is 11.9 Å². The van der Waals surface area contributed by atoms with Gasteiger partial charge in [0.2, 0.25) is 15.9 Å². The number of ether oxygens (including phenoxy) is 2. The van der Waals surface area contributed by atoms with Gasteiger partial charge in [-0.1, -0.05) is 35.0 Å². The van der Waals surface area contributed by atoms with E-state index in [0.29, 0.717) is 24.2 Å². The molecule has 0 spiro atoms. The van der Waals surface area contributed by atoms with Crippen molar-refractivity contribution in [3.8, 4) is 23.0 Å². The molecule has 0 aliphatic carbocycles. The van der Waals surface area contributed by atoms with Crippen LogP contribution < -0.4 is 14.2 Å². The molecule has 2 aromatic heterocycles. The number of nitrogens with zero attached hydrogens (tertiary/aromatic N) is 4. The summed E-state index contributed by atoms with van der Waals surface area (Å²) in [6.07, 6.45) is 5.32. The molecular formula is C21H24BrN5O4S. The fourth-order valence-electron chi connectivity index (χ4n) is 2.74. The molecular weight excluding hydrogens is 498 g/mol. The monoisotopic (exact) mass is 521 g/mol. The Kier molecular flexibility index (Phi) is 8.48. The molecule has 0 aliphatic heterocycles. The number of rotatable bonds is 11. The predicted molar refractivity (Wildman–Crippen MR) is 124 cm³/mol. The number of nitrogens with one attached hydrogen (secondary N) is 1. The SMILES string of the molecule is CCCNS(=O)(=O)Cc1ncnc(OCCOc2ncc(C)cn2)c1-c1ccc(Br)cc1. The molecule has 0 amide bonds. The van der Waals surface area contributed by atoms with Crippen LogP contribution >= 0.6 is 15.9 Å². The number of sulfonamides is 1. The molecule has 0 bridgehead atoms. The lowest BCUT2D eigenvalue weighted by molar-refractivity contribution is 0.201. The largest absolute Gasteiger partial charge is 0.474 e. The van der Waals surface area contributed by atoms with Gasteiger partial charge in [-0.3, -0.25) is 0 Å². The molecule has 1 aromatic carbocycles. The lowest BCUT2D eigenvalue weighted by Crippen LogP contribution is -2.26. The quantitative estimate of drug-likeness (QED) is 0.382. The summed E-state index contributed by atoms with van der Waals surface area (Å²) < 4.78 is 39.8. The zero-order valence-electron chi connectivity index (χ0n) is 17.8. The first kappa shape index (κ1) is 24.0. The van der Waals surface area contributed by atoms with Gasteiger partial charge in [-0.05, 0) is 36.6 Å². The van der Waals surface area contributed by atoms with E-state index in [1.165, 1.54) is 6.33 Å². The molecule has 0 atom stereocenters. The van der Waals surface area contributed by atoms with Crippen molar-refractivity contribution < 1.29 is 17.9 Å². The second-order valence-corrected chi connectivity index (χ2v) is 9.62. The predicted octanol–water partition coefficient (Wildman–Crippen LogP) is 3.29. The maximum atomic E-state index is 12.5. The molecule has 9 nitrogen and oxygen atoms in total. The number of hydrogen-bond donors (Lipinski definition) is 1. The van der Waals surface area contributed by atoms with E-state index in [2.05, 4.69) is 40.6 Å². The summed E-state index contributed by atoms with van der Waals surface area (Å²) in [5.41, 5.74) is 2.55. The Morgan fingerprint density at radius 2 is 1.69 bits per heavy atom. The van der Waals surface area contributed by atoms with Crippen molar-refractivity contribution >= 4 is 26.0 Å². The van der Waals surface area contributed by atoms with Gasteiger partial charge in [0.25, 0.3) is 0 Å². The first-order valence-corrected chi connectivity index (χ1v) is 12.4. The van der Waals surface area contributed by atoms with Crippen molar-refractivity contribution in [3.63, 3.8) is 0 Å². The summed E-state index contributed by atoms with van der Waals surface area (Å²) in [5, 5.41) is 0. The van der Waals surface area contributed by atoms with E-state index in [1.807, 2.05) is 38.1 Å². The third-order valence-corrected chi connectivity index (χ3v) is 6.06. The summed E-state index contributed by atoms with van der Waals surface area (Å²) >= 11 is 3.41. The molecule has 0 aliphatic rings. The highest BCUT2D eigenvalue weighted by atomic mass is 79.9. The van der Waals surface area contributed by atoms with E-state index in [9.17, 15) is 8.42 Å². The van der Waals surface area contributed by atoms with Crippen molar-refractivity contribution in [1.82, 2.24) is 24.7 Å². The molecule has 32 heavy (non-hydrogen) atoms. The molecule has 2 heterocycles. The molecule has 0 unspecified atom stereocenters. The van der Waals surface area contributed by atoms with Gasteiger partial charge < -0.3 is 9.47 Å².